The molecular weight excluding hydrogens is 551 g/mol. The molecule has 39 heavy (non-hydrogen) atoms. The number of aliphatic hydroxyl groups is 1. The smallest absolute Gasteiger partial charge is 0.376 e. The molecule has 1 fully saturated rings. The molecule has 8 nitrogen and oxygen atoms in total. The second-order valence-corrected chi connectivity index (χ2v) is 12.5. The number of hydrogen-bond donors (Lipinski definition) is 1. The first-order valence-electron chi connectivity index (χ1n) is 12.4. The Bertz CT molecular complexity index is 1370. The molecule has 0 amide bonds. The molecule has 2 aromatic rings. The maximum Gasteiger partial charge on any atom is 0.421 e. The Balaban J connectivity index is 1.60. The van der Waals surface area contributed by atoms with Crippen LogP contribution >= 0.6 is 12.2 Å². The number of piperazine rings is 1. The first-order valence-corrected chi connectivity index (χ1v) is 14.3. The molecule has 0 bridgehead atoms. The van der Waals surface area contributed by atoms with Crippen molar-refractivity contribution in [3.63, 3.8) is 0 Å². The Morgan fingerprint density at radius 3 is 2.49 bits per heavy atom. The Morgan fingerprint density at radius 1 is 1.21 bits per heavy atom. The van der Waals surface area contributed by atoms with E-state index in [2.05, 4.69) is 4.98 Å². The van der Waals surface area contributed by atoms with Crippen LogP contribution in [0.1, 0.15) is 24.6 Å². The van der Waals surface area contributed by atoms with Crippen molar-refractivity contribution < 1.29 is 26.7 Å². The van der Waals surface area contributed by atoms with E-state index < -0.39 is 21.8 Å². The number of benzene rings is 1. The number of imidazole rings is 1. The minimum Gasteiger partial charge on any atom is -0.376 e. The summed E-state index contributed by atoms with van der Waals surface area (Å²) >= 11 is 5.33. The van der Waals surface area contributed by atoms with Gasteiger partial charge >= 0.3 is 6.18 Å². The number of allylic oxidation sites excluding steroid dienone is 4. The Labute approximate surface area is 232 Å². The predicted molar refractivity (Wildman–Crippen MR) is 148 cm³/mol. The molecule has 0 saturated carbocycles. The fraction of sp³-hybridized carbons (Fsp3) is 0.462. The zero-order chi connectivity index (χ0) is 28.6. The Hall–Kier alpha value is -2.58. The molecule has 1 unspecified atom stereocenters. The van der Waals surface area contributed by atoms with Crippen LogP contribution < -0.4 is 4.90 Å². The predicted octanol–water partition coefficient (Wildman–Crippen LogP) is 3.36. The van der Waals surface area contributed by atoms with E-state index in [1.54, 1.807) is 12.4 Å². The van der Waals surface area contributed by atoms with Gasteiger partial charge in [-0.15, -0.1) is 0 Å². The fourth-order valence-corrected chi connectivity index (χ4v) is 6.90. The summed E-state index contributed by atoms with van der Waals surface area (Å²) in [5.41, 5.74) is -1.76. The molecule has 1 aliphatic heterocycles. The molecule has 1 saturated heterocycles. The number of halogens is 3. The van der Waals surface area contributed by atoms with Crippen molar-refractivity contribution in [2.75, 3.05) is 38.1 Å². The molecule has 212 valence electrons. The number of sulfonamides is 1. The average molecular weight is 584 g/mol. The van der Waals surface area contributed by atoms with Crippen molar-refractivity contribution in [2.45, 2.75) is 37.7 Å². The van der Waals surface area contributed by atoms with Crippen molar-refractivity contribution in [3.05, 3.63) is 71.2 Å². The fourth-order valence-electron chi connectivity index (χ4n) is 4.82. The van der Waals surface area contributed by atoms with Crippen LogP contribution in [0, 0.1) is 0 Å². The maximum atomic E-state index is 13.5. The topological polar surface area (TPSA) is 81.9 Å². The van der Waals surface area contributed by atoms with Crippen LogP contribution in [0.2, 0.25) is 0 Å². The number of aromatic nitrogens is 2. The van der Waals surface area contributed by atoms with E-state index in [-0.39, 0.29) is 29.6 Å². The van der Waals surface area contributed by atoms with E-state index in [0.29, 0.717) is 36.6 Å². The van der Waals surface area contributed by atoms with Crippen molar-refractivity contribution in [2.24, 2.45) is 7.05 Å². The highest BCUT2D eigenvalue weighted by Crippen LogP contribution is 2.39. The second kappa shape index (κ2) is 11.1. The number of hydrogen-bond acceptors (Lipinski definition) is 7. The summed E-state index contributed by atoms with van der Waals surface area (Å²) in [4.78, 5) is 8.90. The molecule has 1 aromatic carbocycles. The third-order valence-corrected chi connectivity index (χ3v) is 9.52. The van der Waals surface area contributed by atoms with Crippen molar-refractivity contribution in [3.8, 4) is 0 Å². The molecule has 2 atom stereocenters. The van der Waals surface area contributed by atoms with Crippen LogP contribution in [0.3, 0.4) is 0 Å². The van der Waals surface area contributed by atoms with E-state index in [9.17, 15) is 26.7 Å². The second-order valence-electron chi connectivity index (χ2n) is 10.1. The van der Waals surface area contributed by atoms with Gasteiger partial charge in [0.25, 0.3) is 0 Å². The van der Waals surface area contributed by atoms with Gasteiger partial charge in [0.2, 0.25) is 10.0 Å². The molecule has 0 radical (unpaired) electrons. The monoisotopic (exact) mass is 583 g/mol. The molecule has 2 aliphatic rings. The van der Waals surface area contributed by atoms with Crippen LogP contribution in [-0.4, -0.2) is 82.6 Å². The van der Waals surface area contributed by atoms with Crippen LogP contribution in [0.25, 0.3) is 0 Å². The van der Waals surface area contributed by atoms with Crippen molar-refractivity contribution in [1.82, 2.24) is 18.8 Å². The highest BCUT2D eigenvalue weighted by Gasteiger charge is 2.51. The normalized spacial score (nSPS) is 20.8. The van der Waals surface area contributed by atoms with Gasteiger partial charge in [-0.2, -0.15) is 17.5 Å². The molecule has 0 spiro atoms. The Morgan fingerprint density at radius 2 is 1.90 bits per heavy atom. The number of anilines is 1. The lowest BCUT2D eigenvalue weighted by atomic mass is 9.95. The minimum absolute atomic E-state index is 0.132. The van der Waals surface area contributed by atoms with Crippen LogP contribution in [0.15, 0.2) is 59.9 Å². The third-order valence-electron chi connectivity index (χ3n) is 7.05. The van der Waals surface area contributed by atoms with Crippen molar-refractivity contribution >= 4 is 32.8 Å². The van der Waals surface area contributed by atoms with Crippen LogP contribution in [-0.2, 0) is 29.2 Å². The summed E-state index contributed by atoms with van der Waals surface area (Å²) in [7, 11) is -0.0368. The summed E-state index contributed by atoms with van der Waals surface area (Å²) in [6.07, 6.45) is 4.21. The summed E-state index contributed by atoms with van der Waals surface area (Å²) in [6.45, 7) is 2.40. The van der Waals surface area contributed by atoms with Crippen LogP contribution in [0.4, 0.5) is 18.9 Å². The Kier molecular flexibility index (Phi) is 8.39. The van der Waals surface area contributed by atoms with Gasteiger partial charge in [0.1, 0.15) is 0 Å². The van der Waals surface area contributed by atoms with E-state index in [1.165, 1.54) is 34.6 Å². The quantitative estimate of drug-likeness (QED) is 0.478. The van der Waals surface area contributed by atoms with Gasteiger partial charge < -0.3 is 14.6 Å². The van der Waals surface area contributed by atoms with Gasteiger partial charge in [0, 0.05) is 62.9 Å². The van der Waals surface area contributed by atoms with E-state index >= 15 is 0 Å². The number of thiocarbonyl (C=S) groups is 1. The molecule has 1 N–H and O–H groups in total. The van der Waals surface area contributed by atoms with Gasteiger partial charge in [0.15, 0.2) is 5.60 Å². The highest BCUT2D eigenvalue weighted by atomic mass is 32.2. The molecule has 1 aromatic heterocycles. The van der Waals surface area contributed by atoms with Gasteiger partial charge in [-0.1, -0.05) is 36.5 Å². The minimum atomic E-state index is -4.82. The lowest BCUT2D eigenvalue weighted by Gasteiger charge is -2.44. The number of alkyl halides is 3. The number of aryl methyl sites for hydroxylation is 1. The molecular formula is C26H32F3N5O3S2. The summed E-state index contributed by atoms with van der Waals surface area (Å²) in [5, 5.41) is 10.1. The van der Waals surface area contributed by atoms with Gasteiger partial charge in [0.05, 0.1) is 23.0 Å². The zero-order valence-corrected chi connectivity index (χ0v) is 23.6. The number of nitrogens with zero attached hydrogens (tertiary/aromatic N) is 5. The summed E-state index contributed by atoms with van der Waals surface area (Å²) in [5.74, 6) is 0. The lowest BCUT2D eigenvalue weighted by molar-refractivity contribution is -0.258. The van der Waals surface area contributed by atoms with Crippen LogP contribution in [0.5, 0.6) is 0 Å². The molecule has 13 heteroatoms. The zero-order valence-electron chi connectivity index (χ0n) is 22.0. The molecule has 1 aliphatic carbocycles. The highest BCUT2D eigenvalue weighted by molar-refractivity contribution is 7.96. The summed E-state index contributed by atoms with van der Waals surface area (Å²) < 4.78 is 70.4. The maximum absolute atomic E-state index is 13.5. The van der Waals surface area contributed by atoms with Gasteiger partial charge in [-0.25, -0.2) is 13.4 Å². The van der Waals surface area contributed by atoms with Gasteiger partial charge in [-0.3, -0.25) is 4.90 Å². The number of rotatable bonds is 8. The average Bonchev–Trinajstić information content (AvgIpc) is 3.27. The van der Waals surface area contributed by atoms with E-state index in [4.69, 9.17) is 12.2 Å². The lowest BCUT2D eigenvalue weighted by Crippen LogP contribution is -2.58. The molecule has 4 rings (SSSR count). The van der Waals surface area contributed by atoms with E-state index in [1.807, 2.05) is 40.7 Å². The SMILES string of the molecule is CN(Cc1cn(C)cn1)C[C@H]1CN(S(=O)(=O)C2=CC=CCC2=S)CCN1c1ccc(C(C)(O)C(F)(F)F)cc1. The van der Waals surface area contributed by atoms with Gasteiger partial charge in [-0.05, 0) is 37.7 Å². The van der Waals surface area contributed by atoms with E-state index in [0.717, 1.165) is 12.6 Å². The largest absolute Gasteiger partial charge is 0.421 e. The third kappa shape index (κ3) is 6.27. The summed E-state index contributed by atoms with van der Waals surface area (Å²) in [6, 6.07) is 5.28. The standard InChI is InChI=1S/C26H32F3N5O3S2/c1-25(35,26(27,28)29)19-8-10-21(11-9-19)34-13-12-33(39(36,37)24-7-5-4-6-23(24)38)17-22(34)16-31(2)14-20-15-32(3)18-30-20/h4-5,7-11,15,18,22,35H,6,12-14,16-17H2,1-3H3/t22-,25?/m0/s1. The molecule has 2 heterocycles. The number of likely N-dealkylation sites (N-methyl/N-ethyl adjacent to an activating group) is 1. The first kappa shape index (κ1) is 29.4. The van der Waals surface area contributed by atoms with Crippen molar-refractivity contribution in [1.29, 1.82) is 0 Å². The first-order chi connectivity index (χ1) is 18.2.